The smallest absolute Gasteiger partial charge is 0.238 e. The van der Waals surface area contributed by atoms with Gasteiger partial charge in [-0.05, 0) is 43.2 Å². The van der Waals surface area contributed by atoms with Crippen LogP contribution in [-0.4, -0.2) is 18.4 Å². The number of carbonyl (C=O) groups is 2. The molecule has 120 valence electrons. The maximum Gasteiger partial charge on any atom is 0.238 e. The number of rotatable bonds is 4. The predicted octanol–water partition coefficient (Wildman–Crippen LogP) is 3.18. The van der Waals surface area contributed by atoms with Crippen LogP contribution in [0, 0.1) is 23.7 Å². The molecule has 4 nitrogen and oxygen atoms in total. The number of imide groups is 1. The van der Waals surface area contributed by atoms with Crippen molar-refractivity contribution in [2.45, 2.75) is 26.2 Å². The van der Waals surface area contributed by atoms with Crippen LogP contribution in [0.2, 0.25) is 0 Å². The van der Waals surface area contributed by atoms with E-state index in [0.717, 1.165) is 19.3 Å². The molecule has 5 rings (SSSR count). The minimum Gasteiger partial charge on any atom is -0.491 e. The fourth-order valence-electron chi connectivity index (χ4n) is 4.29. The molecule has 1 saturated heterocycles. The molecule has 4 aliphatic rings. The van der Waals surface area contributed by atoms with Gasteiger partial charge in [-0.3, -0.25) is 9.59 Å². The average molecular weight is 311 g/mol. The van der Waals surface area contributed by atoms with Crippen LogP contribution in [0.15, 0.2) is 36.4 Å². The molecule has 4 heteroatoms. The van der Waals surface area contributed by atoms with Crippen molar-refractivity contribution in [1.82, 2.24) is 0 Å². The Balaban J connectivity index is 1.71. The highest BCUT2D eigenvalue weighted by Crippen LogP contribution is 2.51. The molecule has 0 N–H and O–H groups in total. The summed E-state index contributed by atoms with van der Waals surface area (Å²) in [5.41, 5.74) is 0.602. The average Bonchev–Trinajstić information content (AvgIpc) is 2.88. The number of fused-ring (bicyclic) bond motifs is 1. The lowest BCUT2D eigenvalue weighted by molar-refractivity contribution is -0.124. The Hall–Kier alpha value is -2.10. The molecule has 1 heterocycles. The van der Waals surface area contributed by atoms with Gasteiger partial charge in [0.15, 0.2) is 0 Å². The molecule has 1 aromatic carbocycles. The second-order valence-corrected chi connectivity index (χ2v) is 6.67. The molecule has 0 radical (unpaired) electrons. The Labute approximate surface area is 136 Å². The summed E-state index contributed by atoms with van der Waals surface area (Å²) in [6.07, 6.45) is 7.20. The summed E-state index contributed by atoms with van der Waals surface area (Å²) in [6.45, 7) is 2.61. The van der Waals surface area contributed by atoms with Gasteiger partial charge in [-0.1, -0.05) is 31.2 Å². The fourth-order valence-corrected chi connectivity index (χ4v) is 4.29. The van der Waals surface area contributed by atoms with Gasteiger partial charge in [-0.2, -0.15) is 0 Å². The van der Waals surface area contributed by atoms with Crippen LogP contribution in [0.5, 0.6) is 5.75 Å². The zero-order chi connectivity index (χ0) is 16.0. The first kappa shape index (κ1) is 14.5. The van der Waals surface area contributed by atoms with Crippen molar-refractivity contribution < 1.29 is 14.3 Å². The predicted molar refractivity (Wildman–Crippen MR) is 87.1 cm³/mol. The molecule has 23 heavy (non-hydrogen) atoms. The number of carbonyl (C=O) groups excluding carboxylic acids is 2. The zero-order valence-corrected chi connectivity index (χ0v) is 13.3. The lowest BCUT2D eigenvalue weighted by Gasteiger charge is -2.38. The van der Waals surface area contributed by atoms with E-state index in [2.05, 4.69) is 12.2 Å². The first-order valence-corrected chi connectivity index (χ1v) is 8.50. The number of anilines is 1. The van der Waals surface area contributed by atoms with Crippen LogP contribution in [0.1, 0.15) is 26.2 Å². The van der Waals surface area contributed by atoms with E-state index < -0.39 is 0 Å². The van der Waals surface area contributed by atoms with Gasteiger partial charge >= 0.3 is 0 Å². The van der Waals surface area contributed by atoms with Gasteiger partial charge in [0.1, 0.15) is 5.75 Å². The Bertz CT molecular complexity index is 649. The normalized spacial score (nSPS) is 31.6. The molecule has 1 saturated carbocycles. The second-order valence-electron chi connectivity index (χ2n) is 6.67. The minimum absolute atomic E-state index is 0.0494. The number of para-hydroxylation sites is 2. The van der Waals surface area contributed by atoms with Gasteiger partial charge in [-0.15, -0.1) is 0 Å². The molecule has 2 amide bonds. The SMILES string of the molecule is CCCOc1ccccc1N1C(=O)[C@@H]2[C@@H](C1=O)[C@H]1C=C[C@@H]2CC1. The molecule has 1 aliphatic heterocycles. The quantitative estimate of drug-likeness (QED) is 0.634. The van der Waals surface area contributed by atoms with Crippen LogP contribution in [0.4, 0.5) is 5.69 Å². The number of benzene rings is 1. The monoisotopic (exact) mass is 311 g/mol. The summed E-state index contributed by atoms with van der Waals surface area (Å²) in [5.74, 6) is 0.606. The molecule has 0 spiro atoms. The van der Waals surface area contributed by atoms with Crippen molar-refractivity contribution in [3.8, 4) is 5.75 Å². The third-order valence-electron chi connectivity index (χ3n) is 5.33. The summed E-state index contributed by atoms with van der Waals surface area (Å²) in [6, 6.07) is 7.37. The maximum atomic E-state index is 13.0. The molecular weight excluding hydrogens is 290 g/mol. The first-order valence-electron chi connectivity index (χ1n) is 8.50. The summed E-state index contributed by atoms with van der Waals surface area (Å²) in [5, 5.41) is 0. The van der Waals surface area contributed by atoms with Crippen molar-refractivity contribution in [2.24, 2.45) is 23.7 Å². The number of amides is 2. The first-order chi connectivity index (χ1) is 11.2. The third kappa shape index (κ3) is 2.12. The molecule has 4 atom stereocenters. The van der Waals surface area contributed by atoms with Gasteiger partial charge in [0.25, 0.3) is 0 Å². The molecule has 3 aliphatic carbocycles. The maximum absolute atomic E-state index is 13.0. The topological polar surface area (TPSA) is 46.6 Å². The van der Waals surface area contributed by atoms with E-state index in [-0.39, 0.29) is 35.5 Å². The van der Waals surface area contributed by atoms with Crippen molar-refractivity contribution >= 4 is 17.5 Å². The van der Waals surface area contributed by atoms with E-state index in [4.69, 9.17) is 4.74 Å². The summed E-state index contributed by atoms with van der Waals surface area (Å²) >= 11 is 0. The summed E-state index contributed by atoms with van der Waals surface area (Å²) in [4.78, 5) is 27.4. The lowest BCUT2D eigenvalue weighted by atomic mass is 9.63. The highest BCUT2D eigenvalue weighted by molar-refractivity contribution is 6.23. The lowest BCUT2D eigenvalue weighted by Crippen LogP contribution is -2.38. The van der Waals surface area contributed by atoms with Gasteiger partial charge in [-0.25, -0.2) is 4.90 Å². The molecule has 2 fully saturated rings. The van der Waals surface area contributed by atoms with E-state index in [1.165, 1.54) is 4.90 Å². The van der Waals surface area contributed by atoms with Gasteiger partial charge in [0, 0.05) is 0 Å². The molecular formula is C19H21NO3. The number of ether oxygens (including phenoxy) is 1. The second kappa shape index (κ2) is 5.52. The van der Waals surface area contributed by atoms with Crippen molar-refractivity contribution in [3.63, 3.8) is 0 Å². The Morgan fingerprint density at radius 1 is 1.04 bits per heavy atom. The Morgan fingerprint density at radius 2 is 1.65 bits per heavy atom. The van der Waals surface area contributed by atoms with E-state index in [1.54, 1.807) is 0 Å². The minimum atomic E-state index is -0.175. The number of allylic oxidation sites excluding steroid dienone is 2. The van der Waals surface area contributed by atoms with E-state index in [9.17, 15) is 9.59 Å². The van der Waals surface area contributed by atoms with Crippen LogP contribution in [-0.2, 0) is 9.59 Å². The largest absolute Gasteiger partial charge is 0.491 e. The Morgan fingerprint density at radius 3 is 2.22 bits per heavy atom. The third-order valence-corrected chi connectivity index (χ3v) is 5.33. The van der Waals surface area contributed by atoms with Crippen LogP contribution in [0.25, 0.3) is 0 Å². The number of nitrogens with zero attached hydrogens (tertiary/aromatic N) is 1. The highest BCUT2D eigenvalue weighted by atomic mass is 16.5. The summed E-state index contributed by atoms with van der Waals surface area (Å²) in [7, 11) is 0. The molecule has 1 aromatic rings. The van der Waals surface area contributed by atoms with Crippen LogP contribution < -0.4 is 9.64 Å². The standard InChI is InChI=1S/C19H21NO3/c1-2-11-23-15-6-4-3-5-14(15)20-18(21)16-12-7-8-13(10-9-12)17(16)19(20)22/h3-8,12-13,16-17H,2,9-11H2,1H3/t12-,13+,16-,17-/m0/s1. The molecule has 0 unspecified atom stereocenters. The molecule has 0 aromatic heterocycles. The Kier molecular flexibility index (Phi) is 3.47. The van der Waals surface area contributed by atoms with E-state index in [0.29, 0.717) is 18.0 Å². The van der Waals surface area contributed by atoms with Crippen LogP contribution in [0.3, 0.4) is 0 Å². The van der Waals surface area contributed by atoms with Crippen LogP contribution >= 0.6 is 0 Å². The number of hydrogen-bond acceptors (Lipinski definition) is 3. The molecule has 2 bridgehead atoms. The summed E-state index contributed by atoms with van der Waals surface area (Å²) < 4.78 is 5.76. The van der Waals surface area contributed by atoms with Crippen molar-refractivity contribution in [3.05, 3.63) is 36.4 Å². The van der Waals surface area contributed by atoms with Crippen molar-refractivity contribution in [2.75, 3.05) is 11.5 Å². The number of hydrogen-bond donors (Lipinski definition) is 0. The van der Waals surface area contributed by atoms with Gasteiger partial charge < -0.3 is 4.74 Å². The van der Waals surface area contributed by atoms with Gasteiger partial charge in [0.2, 0.25) is 11.8 Å². The van der Waals surface area contributed by atoms with Crippen molar-refractivity contribution in [1.29, 1.82) is 0 Å². The van der Waals surface area contributed by atoms with E-state index in [1.807, 2.05) is 31.2 Å². The highest BCUT2D eigenvalue weighted by Gasteiger charge is 2.57. The zero-order valence-electron chi connectivity index (χ0n) is 13.3. The van der Waals surface area contributed by atoms with E-state index >= 15 is 0 Å². The van der Waals surface area contributed by atoms with Gasteiger partial charge in [0.05, 0.1) is 24.1 Å². The fraction of sp³-hybridized carbons (Fsp3) is 0.474.